The van der Waals surface area contributed by atoms with Gasteiger partial charge in [-0.2, -0.15) is 0 Å². The first kappa shape index (κ1) is 62.8. The lowest BCUT2D eigenvalue weighted by Crippen LogP contribution is -2.30. The normalized spacial score (nSPS) is 13.1. The number of esters is 3. The van der Waals surface area contributed by atoms with Gasteiger partial charge in [0.05, 0.1) is 0 Å². The summed E-state index contributed by atoms with van der Waals surface area (Å²) in [4.78, 5) is 38.0. The van der Waals surface area contributed by atoms with E-state index in [1.165, 1.54) is 89.9 Å². The molecule has 0 aromatic carbocycles. The summed E-state index contributed by atoms with van der Waals surface area (Å²) < 4.78 is 16.7. The molecule has 0 saturated carbocycles. The SMILES string of the molecule is CC/C=C/C/C=C/C/C=C/C/C=C/C/C=C/CCCC(=O)OC[C@@H](COC(=O)CCCCCCCCC/C=C/CCCCCC)OC(=O)CCC/C=C/C/C=C/C/C=C/C/C=C/CCCCC. The van der Waals surface area contributed by atoms with Crippen LogP contribution in [0.4, 0.5) is 0 Å². The zero-order valence-corrected chi connectivity index (χ0v) is 43.1. The van der Waals surface area contributed by atoms with E-state index in [-0.39, 0.29) is 44.0 Å². The van der Waals surface area contributed by atoms with Crippen molar-refractivity contribution in [1.29, 1.82) is 0 Å². The highest BCUT2D eigenvalue weighted by atomic mass is 16.6. The van der Waals surface area contributed by atoms with Crippen LogP contribution in [0.15, 0.2) is 122 Å². The van der Waals surface area contributed by atoms with Crippen molar-refractivity contribution in [1.82, 2.24) is 0 Å². The molecule has 0 aliphatic rings. The molecule has 378 valence electrons. The van der Waals surface area contributed by atoms with Crippen molar-refractivity contribution in [3.8, 4) is 0 Å². The highest BCUT2D eigenvalue weighted by molar-refractivity contribution is 5.71. The smallest absolute Gasteiger partial charge is 0.306 e. The summed E-state index contributed by atoms with van der Waals surface area (Å²) in [6.07, 6.45) is 74.8. The van der Waals surface area contributed by atoms with Crippen LogP contribution in [0.5, 0.6) is 0 Å². The van der Waals surface area contributed by atoms with Crippen molar-refractivity contribution in [2.75, 3.05) is 13.2 Å². The third-order valence-electron chi connectivity index (χ3n) is 10.9. The Hall–Kier alpha value is -4.19. The summed E-state index contributed by atoms with van der Waals surface area (Å²) in [5.41, 5.74) is 0. The molecular formula is C61H98O6. The van der Waals surface area contributed by atoms with Gasteiger partial charge in [0.15, 0.2) is 6.10 Å². The van der Waals surface area contributed by atoms with E-state index >= 15 is 0 Å². The van der Waals surface area contributed by atoms with Gasteiger partial charge in [0, 0.05) is 19.3 Å². The molecule has 0 heterocycles. The minimum atomic E-state index is -0.834. The van der Waals surface area contributed by atoms with E-state index in [1.54, 1.807) is 0 Å². The van der Waals surface area contributed by atoms with Gasteiger partial charge in [-0.25, -0.2) is 0 Å². The minimum Gasteiger partial charge on any atom is -0.462 e. The van der Waals surface area contributed by atoms with Crippen LogP contribution >= 0.6 is 0 Å². The van der Waals surface area contributed by atoms with Crippen LogP contribution in [-0.4, -0.2) is 37.2 Å². The minimum absolute atomic E-state index is 0.123. The van der Waals surface area contributed by atoms with Crippen LogP contribution in [0.3, 0.4) is 0 Å². The van der Waals surface area contributed by atoms with Gasteiger partial charge in [0.1, 0.15) is 13.2 Å². The highest BCUT2D eigenvalue weighted by Gasteiger charge is 2.19. The molecule has 0 aliphatic heterocycles. The first-order valence-electron chi connectivity index (χ1n) is 27.0. The Morgan fingerprint density at radius 1 is 0.313 bits per heavy atom. The monoisotopic (exact) mass is 927 g/mol. The number of carbonyl (C=O) groups is 3. The second kappa shape index (κ2) is 54.4. The molecule has 1 atom stereocenters. The molecule has 0 aromatic rings. The zero-order chi connectivity index (χ0) is 48.6. The molecule has 0 aromatic heterocycles. The van der Waals surface area contributed by atoms with E-state index < -0.39 is 6.10 Å². The fourth-order valence-corrected chi connectivity index (χ4v) is 6.88. The quantitative estimate of drug-likeness (QED) is 0.0262. The van der Waals surface area contributed by atoms with Crippen LogP contribution in [0.2, 0.25) is 0 Å². The van der Waals surface area contributed by atoms with Gasteiger partial charge in [0.25, 0.3) is 0 Å². The first-order chi connectivity index (χ1) is 33.0. The molecule has 0 aliphatic carbocycles. The van der Waals surface area contributed by atoms with Gasteiger partial charge in [-0.3, -0.25) is 14.4 Å². The number of ether oxygens (including phenoxy) is 3. The number of rotatable bonds is 47. The molecule has 0 N–H and O–H groups in total. The second-order valence-electron chi connectivity index (χ2n) is 17.4. The number of hydrogen-bond donors (Lipinski definition) is 0. The molecule has 0 amide bonds. The molecule has 0 rings (SSSR count). The maximum atomic E-state index is 12.8. The third-order valence-corrected chi connectivity index (χ3v) is 10.9. The lowest BCUT2D eigenvalue weighted by molar-refractivity contribution is -0.167. The van der Waals surface area contributed by atoms with E-state index in [4.69, 9.17) is 14.2 Å². The van der Waals surface area contributed by atoms with Gasteiger partial charge < -0.3 is 14.2 Å². The van der Waals surface area contributed by atoms with Crippen molar-refractivity contribution in [3.63, 3.8) is 0 Å². The molecule has 6 heteroatoms. The van der Waals surface area contributed by atoms with E-state index in [1.807, 2.05) is 0 Å². The predicted molar refractivity (Wildman–Crippen MR) is 288 cm³/mol. The standard InChI is InChI=1S/C61H98O6/c1-4-7-10-13-16-19-22-25-28-30-33-36-39-42-45-48-51-54-60(63)66-57-58(56-65-59(62)53-50-47-44-41-38-35-32-27-24-21-18-15-12-9-6-3)67-61(64)55-52-49-46-43-40-37-34-31-29-26-23-20-17-14-11-8-5-2/h7,10,16-17,19-21,24-26,28-29,33-34,36-37,42-43,45-46,58H,4-6,8-9,11-15,18,22-23,27,30-32,35,38-41,44,47-57H2,1-3H3/b10-7+,19-16+,20-17+,24-21+,28-25+,29-26+,36-33+,37-34+,45-42+,46-43+/t58-/m1/s1. The summed E-state index contributed by atoms with van der Waals surface area (Å²) in [6, 6.07) is 0. The zero-order valence-electron chi connectivity index (χ0n) is 43.1. The summed E-state index contributed by atoms with van der Waals surface area (Å²) >= 11 is 0. The largest absolute Gasteiger partial charge is 0.462 e. The fourth-order valence-electron chi connectivity index (χ4n) is 6.88. The van der Waals surface area contributed by atoms with Gasteiger partial charge >= 0.3 is 17.9 Å². The Morgan fingerprint density at radius 3 is 1.01 bits per heavy atom. The maximum absolute atomic E-state index is 12.8. The van der Waals surface area contributed by atoms with Crippen LogP contribution < -0.4 is 0 Å². The molecule has 67 heavy (non-hydrogen) atoms. The summed E-state index contributed by atoms with van der Waals surface area (Å²) in [6.45, 7) is 6.37. The average Bonchev–Trinajstić information content (AvgIpc) is 3.33. The Bertz CT molecular complexity index is 1440. The number of carbonyl (C=O) groups excluding carboxylic acids is 3. The number of hydrogen-bond acceptors (Lipinski definition) is 6. The molecule has 0 fully saturated rings. The van der Waals surface area contributed by atoms with Crippen molar-refractivity contribution in [3.05, 3.63) is 122 Å². The van der Waals surface area contributed by atoms with Gasteiger partial charge in [0.2, 0.25) is 0 Å². The molecule has 0 spiro atoms. The van der Waals surface area contributed by atoms with Crippen LogP contribution in [0, 0.1) is 0 Å². The Kier molecular flexibility index (Phi) is 51.0. The van der Waals surface area contributed by atoms with Gasteiger partial charge in [-0.1, -0.05) is 206 Å². The fraction of sp³-hybridized carbons (Fsp3) is 0.623. The van der Waals surface area contributed by atoms with Crippen molar-refractivity contribution >= 4 is 17.9 Å². The van der Waals surface area contributed by atoms with E-state index in [2.05, 4.69) is 142 Å². The predicted octanol–water partition coefficient (Wildman–Crippen LogP) is 18.1. The summed E-state index contributed by atoms with van der Waals surface area (Å²) in [7, 11) is 0. The summed E-state index contributed by atoms with van der Waals surface area (Å²) in [5.74, 6) is -1.05. The molecule has 0 radical (unpaired) electrons. The second-order valence-corrected chi connectivity index (χ2v) is 17.4. The van der Waals surface area contributed by atoms with Crippen molar-refractivity contribution < 1.29 is 28.6 Å². The highest BCUT2D eigenvalue weighted by Crippen LogP contribution is 2.12. The first-order valence-corrected chi connectivity index (χ1v) is 27.0. The van der Waals surface area contributed by atoms with E-state index in [0.29, 0.717) is 19.3 Å². The molecule has 0 saturated heterocycles. The van der Waals surface area contributed by atoms with Gasteiger partial charge in [-0.15, -0.1) is 0 Å². The van der Waals surface area contributed by atoms with Crippen LogP contribution in [-0.2, 0) is 28.6 Å². The van der Waals surface area contributed by atoms with Crippen LogP contribution in [0.1, 0.15) is 226 Å². The van der Waals surface area contributed by atoms with Crippen molar-refractivity contribution in [2.45, 2.75) is 232 Å². The molecular weight excluding hydrogens is 829 g/mol. The summed E-state index contributed by atoms with van der Waals surface area (Å²) in [5, 5.41) is 0. The maximum Gasteiger partial charge on any atom is 0.306 e. The Labute approximate surface area is 412 Å². The topological polar surface area (TPSA) is 78.9 Å². The molecule has 0 unspecified atom stereocenters. The Morgan fingerprint density at radius 2 is 0.597 bits per heavy atom. The number of allylic oxidation sites excluding steroid dienone is 20. The Balaban J connectivity index is 4.59. The van der Waals surface area contributed by atoms with E-state index in [0.717, 1.165) is 83.5 Å². The molecule has 0 bridgehead atoms. The molecule has 6 nitrogen and oxygen atoms in total. The lowest BCUT2D eigenvalue weighted by atomic mass is 10.1. The average molecular weight is 927 g/mol. The van der Waals surface area contributed by atoms with Crippen LogP contribution in [0.25, 0.3) is 0 Å². The van der Waals surface area contributed by atoms with Crippen molar-refractivity contribution in [2.24, 2.45) is 0 Å². The van der Waals surface area contributed by atoms with E-state index in [9.17, 15) is 14.4 Å². The van der Waals surface area contributed by atoms with Gasteiger partial charge in [-0.05, 0) is 122 Å². The third kappa shape index (κ3) is 52.6. The lowest BCUT2D eigenvalue weighted by Gasteiger charge is -2.18. The number of unbranched alkanes of at least 4 members (excludes halogenated alkanes) is 16.